The van der Waals surface area contributed by atoms with Crippen LogP contribution in [0.25, 0.3) is 16.9 Å². The maximum Gasteiger partial charge on any atom is 0.284 e. The van der Waals surface area contributed by atoms with Gasteiger partial charge >= 0.3 is 0 Å². The molecule has 5 rings (SSSR count). The number of carbonyl (C=O) groups excluding carboxylic acids is 1. The molecule has 0 unspecified atom stereocenters. The molecule has 0 saturated carbocycles. The van der Waals surface area contributed by atoms with Gasteiger partial charge < -0.3 is 19.5 Å². The molecule has 1 aliphatic heterocycles. The summed E-state index contributed by atoms with van der Waals surface area (Å²) in [4.78, 5) is 29.7. The Hall–Kier alpha value is -4.41. The van der Waals surface area contributed by atoms with Crippen molar-refractivity contribution in [2.45, 2.75) is 13.5 Å². The number of carbonyl (C=O) groups is 1. The first kappa shape index (κ1) is 20.5. The van der Waals surface area contributed by atoms with Crippen LogP contribution in [0.4, 0.5) is 5.69 Å². The molecule has 33 heavy (non-hydrogen) atoms. The fourth-order valence-corrected chi connectivity index (χ4v) is 3.46. The zero-order valence-electron chi connectivity index (χ0n) is 17.7. The number of amides is 1. The fourth-order valence-electron chi connectivity index (χ4n) is 3.46. The lowest BCUT2D eigenvalue weighted by Gasteiger charge is -2.19. The summed E-state index contributed by atoms with van der Waals surface area (Å²) in [5.41, 5.74) is 1.12. The van der Waals surface area contributed by atoms with Gasteiger partial charge in [-0.1, -0.05) is 5.21 Å². The van der Waals surface area contributed by atoms with E-state index in [0.717, 1.165) is 5.75 Å². The number of hydrogen-bond acceptors (Lipinski definition) is 8. The van der Waals surface area contributed by atoms with Crippen LogP contribution >= 0.6 is 0 Å². The monoisotopic (exact) mass is 448 g/mol. The number of anilines is 1. The van der Waals surface area contributed by atoms with Gasteiger partial charge in [0.05, 0.1) is 12.3 Å². The summed E-state index contributed by atoms with van der Waals surface area (Å²) in [7, 11) is 0. The maximum atomic E-state index is 12.9. The highest BCUT2D eigenvalue weighted by Crippen LogP contribution is 2.32. The molecular weight excluding hydrogens is 428 g/mol. The van der Waals surface area contributed by atoms with Crippen LogP contribution in [0, 0.1) is 0 Å². The number of hydrogen-bond donors (Lipinski definition) is 1. The van der Waals surface area contributed by atoms with Crippen molar-refractivity contribution in [1.29, 1.82) is 0 Å². The van der Waals surface area contributed by atoms with Gasteiger partial charge in [-0.3, -0.25) is 14.2 Å². The molecule has 0 spiro atoms. The molecule has 3 heterocycles. The Morgan fingerprint density at radius 3 is 2.70 bits per heavy atom. The van der Waals surface area contributed by atoms with Crippen LogP contribution in [0.3, 0.4) is 0 Å². The molecule has 1 N–H and O–H groups in total. The standard InChI is InChI=1S/C22H20N6O5/c1-2-31-16-6-4-15(5-7-16)28-21-20(25-26-28)22(30)27(13-23-21)12-19(29)24-14-3-8-17-18(11-14)33-10-9-32-17/h3-8,11,13H,2,9-10,12H2,1H3,(H,24,29). The predicted molar refractivity (Wildman–Crippen MR) is 118 cm³/mol. The Balaban J connectivity index is 1.34. The maximum absolute atomic E-state index is 12.9. The number of nitrogens with one attached hydrogen (secondary N) is 1. The highest BCUT2D eigenvalue weighted by atomic mass is 16.6. The second kappa shape index (κ2) is 8.61. The van der Waals surface area contributed by atoms with Crippen molar-refractivity contribution in [3.63, 3.8) is 0 Å². The minimum Gasteiger partial charge on any atom is -0.494 e. The zero-order valence-corrected chi connectivity index (χ0v) is 17.7. The van der Waals surface area contributed by atoms with Crippen molar-refractivity contribution in [3.8, 4) is 22.9 Å². The van der Waals surface area contributed by atoms with Gasteiger partial charge in [0.1, 0.15) is 31.8 Å². The van der Waals surface area contributed by atoms with Crippen molar-refractivity contribution in [2.24, 2.45) is 0 Å². The van der Waals surface area contributed by atoms with Crippen molar-refractivity contribution in [3.05, 3.63) is 59.1 Å². The summed E-state index contributed by atoms with van der Waals surface area (Å²) in [5.74, 6) is 1.52. The van der Waals surface area contributed by atoms with Crippen LogP contribution in [0.2, 0.25) is 0 Å². The molecular formula is C22H20N6O5. The Morgan fingerprint density at radius 2 is 1.91 bits per heavy atom. The van der Waals surface area contributed by atoms with Crippen LogP contribution in [0.5, 0.6) is 17.2 Å². The minimum absolute atomic E-state index is 0.0681. The Kier molecular flexibility index (Phi) is 5.35. The van der Waals surface area contributed by atoms with Gasteiger partial charge in [-0.25, -0.2) is 4.98 Å². The van der Waals surface area contributed by atoms with Gasteiger partial charge in [0, 0.05) is 11.8 Å². The van der Waals surface area contributed by atoms with E-state index in [0.29, 0.717) is 48.3 Å². The topological polar surface area (TPSA) is 122 Å². The van der Waals surface area contributed by atoms with Gasteiger partial charge in [0.25, 0.3) is 5.56 Å². The van der Waals surface area contributed by atoms with Crippen molar-refractivity contribution in [1.82, 2.24) is 24.5 Å². The summed E-state index contributed by atoms with van der Waals surface area (Å²) in [6.07, 6.45) is 1.31. The van der Waals surface area contributed by atoms with E-state index < -0.39 is 11.5 Å². The number of nitrogens with zero attached hydrogens (tertiary/aromatic N) is 5. The SMILES string of the molecule is CCOc1ccc(-n2nnc3c(=O)n(CC(=O)Nc4ccc5c(c4)OCCO5)cnc32)cc1. The predicted octanol–water partition coefficient (Wildman–Crippen LogP) is 1.79. The molecule has 2 aromatic heterocycles. The average Bonchev–Trinajstić information content (AvgIpc) is 3.26. The van der Waals surface area contributed by atoms with Gasteiger partial charge in [0.15, 0.2) is 22.7 Å². The van der Waals surface area contributed by atoms with E-state index in [-0.39, 0.29) is 12.1 Å². The first-order chi connectivity index (χ1) is 16.1. The first-order valence-corrected chi connectivity index (χ1v) is 10.4. The first-order valence-electron chi connectivity index (χ1n) is 10.4. The van der Waals surface area contributed by atoms with Crippen molar-refractivity contribution in [2.75, 3.05) is 25.1 Å². The highest BCUT2D eigenvalue weighted by Gasteiger charge is 2.16. The third kappa shape index (κ3) is 4.07. The second-order valence-electron chi connectivity index (χ2n) is 7.18. The Morgan fingerprint density at radius 1 is 1.12 bits per heavy atom. The molecule has 168 valence electrons. The van der Waals surface area contributed by atoms with Crippen LogP contribution in [0.1, 0.15) is 6.92 Å². The fraction of sp³-hybridized carbons (Fsp3) is 0.227. The van der Waals surface area contributed by atoms with E-state index in [4.69, 9.17) is 14.2 Å². The molecule has 1 aliphatic rings. The van der Waals surface area contributed by atoms with E-state index in [1.165, 1.54) is 15.6 Å². The zero-order chi connectivity index (χ0) is 22.8. The number of fused-ring (bicyclic) bond motifs is 2. The third-order valence-corrected chi connectivity index (χ3v) is 4.96. The molecule has 0 fully saturated rings. The molecule has 0 atom stereocenters. The molecule has 2 aromatic carbocycles. The van der Waals surface area contributed by atoms with Crippen molar-refractivity contribution < 1.29 is 19.0 Å². The molecule has 0 aliphatic carbocycles. The second-order valence-corrected chi connectivity index (χ2v) is 7.18. The van der Waals surface area contributed by atoms with E-state index >= 15 is 0 Å². The van der Waals surface area contributed by atoms with E-state index in [1.807, 2.05) is 6.92 Å². The lowest BCUT2D eigenvalue weighted by Crippen LogP contribution is -2.28. The van der Waals surface area contributed by atoms with Crippen LogP contribution in [-0.4, -0.2) is 50.3 Å². The summed E-state index contributed by atoms with van der Waals surface area (Å²) < 4.78 is 19.1. The van der Waals surface area contributed by atoms with E-state index in [2.05, 4.69) is 20.6 Å². The Bertz CT molecular complexity index is 1380. The number of aromatic nitrogens is 5. The van der Waals surface area contributed by atoms with Crippen LogP contribution < -0.4 is 25.1 Å². The summed E-state index contributed by atoms with van der Waals surface area (Å²) in [6.45, 7) is 3.18. The van der Waals surface area contributed by atoms with Gasteiger partial charge in [-0.05, 0) is 43.3 Å². The summed E-state index contributed by atoms with van der Waals surface area (Å²) in [6, 6.07) is 12.3. The quantitative estimate of drug-likeness (QED) is 0.474. The van der Waals surface area contributed by atoms with Gasteiger partial charge in [-0.2, -0.15) is 4.68 Å². The number of ether oxygens (including phenoxy) is 3. The summed E-state index contributed by atoms with van der Waals surface area (Å²) in [5, 5.41) is 10.8. The molecule has 11 nitrogen and oxygen atoms in total. The van der Waals surface area contributed by atoms with Crippen LogP contribution in [0.15, 0.2) is 53.6 Å². The lowest BCUT2D eigenvalue weighted by atomic mass is 10.2. The average molecular weight is 448 g/mol. The molecule has 1 amide bonds. The Labute approximate surface area is 187 Å². The summed E-state index contributed by atoms with van der Waals surface area (Å²) >= 11 is 0. The van der Waals surface area contributed by atoms with Crippen LogP contribution in [-0.2, 0) is 11.3 Å². The molecule has 0 radical (unpaired) electrons. The number of benzene rings is 2. The number of rotatable bonds is 6. The minimum atomic E-state index is -0.463. The normalized spacial score (nSPS) is 12.5. The van der Waals surface area contributed by atoms with Gasteiger partial charge in [0.2, 0.25) is 5.91 Å². The molecule has 11 heteroatoms. The van der Waals surface area contributed by atoms with Crippen molar-refractivity contribution >= 4 is 22.8 Å². The molecule has 4 aromatic rings. The lowest BCUT2D eigenvalue weighted by molar-refractivity contribution is -0.116. The largest absolute Gasteiger partial charge is 0.494 e. The third-order valence-electron chi connectivity index (χ3n) is 4.96. The smallest absolute Gasteiger partial charge is 0.284 e. The van der Waals surface area contributed by atoms with E-state index in [1.54, 1.807) is 42.5 Å². The molecule has 0 bridgehead atoms. The highest BCUT2D eigenvalue weighted by molar-refractivity contribution is 5.91. The van der Waals surface area contributed by atoms with Gasteiger partial charge in [-0.15, -0.1) is 5.10 Å². The molecule has 0 saturated heterocycles. The van der Waals surface area contributed by atoms with E-state index in [9.17, 15) is 9.59 Å².